The van der Waals surface area contributed by atoms with E-state index in [9.17, 15) is 9.59 Å². The van der Waals surface area contributed by atoms with Crippen LogP contribution in [0.1, 0.15) is 25.1 Å². The molecule has 0 radical (unpaired) electrons. The fourth-order valence-electron chi connectivity index (χ4n) is 3.12. The number of nitrogens with zero attached hydrogens (tertiary/aromatic N) is 5. The Balaban J connectivity index is 1.45. The zero-order chi connectivity index (χ0) is 16.3. The van der Waals surface area contributed by atoms with E-state index in [2.05, 4.69) is 25.9 Å². The molecule has 0 aliphatic carbocycles. The number of likely N-dealkylation sites (N-methyl/N-ethyl adjacent to an activating group) is 1. The number of rotatable bonds is 4. The molecule has 10 nitrogen and oxygen atoms in total. The standard InChI is InChI=1S/C13H21N7O3/c1-19-8-13(23-12(19)22)5-3-7-20(9-13)11(21)14-6-2-4-10-15-17-18-16-10/h2-9H2,1H3,(H,14,21)(H,15,16,17,18)/t13-/m1/s1. The summed E-state index contributed by atoms with van der Waals surface area (Å²) in [5.41, 5.74) is -0.550. The number of carbonyl (C=O) groups is 2. The Labute approximate surface area is 133 Å². The van der Waals surface area contributed by atoms with Crippen molar-refractivity contribution in [3.8, 4) is 0 Å². The number of carbonyl (C=O) groups excluding carboxylic acids is 2. The lowest BCUT2D eigenvalue weighted by Crippen LogP contribution is -2.54. The molecule has 1 aromatic heterocycles. The molecule has 1 spiro atoms. The third-order valence-corrected chi connectivity index (χ3v) is 4.21. The van der Waals surface area contributed by atoms with Gasteiger partial charge in [0, 0.05) is 26.6 Å². The van der Waals surface area contributed by atoms with Gasteiger partial charge >= 0.3 is 12.1 Å². The quantitative estimate of drug-likeness (QED) is 0.739. The number of hydrogen-bond acceptors (Lipinski definition) is 6. The van der Waals surface area contributed by atoms with Gasteiger partial charge in [0.1, 0.15) is 5.60 Å². The molecule has 10 heteroatoms. The second-order valence-electron chi connectivity index (χ2n) is 6.10. The summed E-state index contributed by atoms with van der Waals surface area (Å²) in [7, 11) is 1.72. The van der Waals surface area contributed by atoms with Gasteiger partial charge in [0.2, 0.25) is 0 Å². The molecule has 0 aromatic carbocycles. The van der Waals surface area contributed by atoms with E-state index >= 15 is 0 Å². The molecule has 2 saturated heterocycles. The smallest absolute Gasteiger partial charge is 0.410 e. The summed E-state index contributed by atoms with van der Waals surface area (Å²) in [6.07, 6.45) is 2.71. The highest BCUT2D eigenvalue weighted by Crippen LogP contribution is 2.31. The average Bonchev–Trinajstić information content (AvgIpc) is 3.12. The summed E-state index contributed by atoms with van der Waals surface area (Å²) in [5.74, 6) is 0.636. The average molecular weight is 323 g/mol. The van der Waals surface area contributed by atoms with Crippen molar-refractivity contribution >= 4 is 12.1 Å². The van der Waals surface area contributed by atoms with Crippen molar-refractivity contribution in [3.05, 3.63) is 5.82 Å². The Hall–Kier alpha value is -2.39. The number of urea groups is 1. The number of aromatic amines is 1. The maximum absolute atomic E-state index is 12.3. The van der Waals surface area contributed by atoms with Crippen LogP contribution in [0.3, 0.4) is 0 Å². The van der Waals surface area contributed by atoms with Crippen molar-refractivity contribution in [2.24, 2.45) is 0 Å². The third-order valence-electron chi connectivity index (χ3n) is 4.21. The molecule has 126 valence electrons. The number of hydrogen-bond donors (Lipinski definition) is 2. The first-order valence-electron chi connectivity index (χ1n) is 7.77. The van der Waals surface area contributed by atoms with Gasteiger partial charge in [-0.25, -0.2) is 9.59 Å². The lowest BCUT2D eigenvalue weighted by atomic mass is 9.93. The largest absolute Gasteiger partial charge is 0.439 e. The van der Waals surface area contributed by atoms with Crippen molar-refractivity contribution < 1.29 is 14.3 Å². The van der Waals surface area contributed by atoms with Crippen molar-refractivity contribution in [3.63, 3.8) is 0 Å². The molecule has 2 aliphatic heterocycles. The van der Waals surface area contributed by atoms with E-state index in [1.54, 1.807) is 16.8 Å². The highest BCUT2D eigenvalue weighted by molar-refractivity contribution is 5.75. The fraction of sp³-hybridized carbons (Fsp3) is 0.769. The molecule has 3 heterocycles. The number of tetrazole rings is 1. The summed E-state index contributed by atoms with van der Waals surface area (Å²) < 4.78 is 5.50. The van der Waals surface area contributed by atoms with Gasteiger partial charge in [0.25, 0.3) is 0 Å². The monoisotopic (exact) mass is 323 g/mol. The minimum Gasteiger partial charge on any atom is -0.439 e. The van der Waals surface area contributed by atoms with E-state index in [-0.39, 0.29) is 12.1 Å². The van der Waals surface area contributed by atoms with Crippen LogP contribution in [0, 0.1) is 0 Å². The van der Waals surface area contributed by atoms with Crippen molar-refractivity contribution in [2.45, 2.75) is 31.3 Å². The van der Waals surface area contributed by atoms with Gasteiger partial charge in [-0.15, -0.1) is 10.2 Å². The van der Waals surface area contributed by atoms with E-state index in [1.165, 1.54) is 0 Å². The molecular formula is C13H21N7O3. The predicted octanol–water partition coefficient (Wildman–Crippen LogP) is -0.241. The zero-order valence-corrected chi connectivity index (χ0v) is 13.1. The number of amides is 3. The van der Waals surface area contributed by atoms with Crippen LogP contribution in [-0.4, -0.2) is 81.4 Å². The molecule has 3 amide bonds. The first-order valence-corrected chi connectivity index (χ1v) is 7.77. The molecule has 0 bridgehead atoms. The topological polar surface area (TPSA) is 116 Å². The van der Waals surface area contributed by atoms with Crippen LogP contribution >= 0.6 is 0 Å². The number of nitrogens with one attached hydrogen (secondary N) is 2. The van der Waals surface area contributed by atoms with E-state index in [1.807, 2.05) is 0 Å². The summed E-state index contributed by atoms with van der Waals surface area (Å²) in [6.45, 7) is 2.20. The van der Waals surface area contributed by atoms with Crippen LogP contribution in [0.2, 0.25) is 0 Å². The van der Waals surface area contributed by atoms with Gasteiger partial charge in [-0.2, -0.15) is 5.21 Å². The van der Waals surface area contributed by atoms with Crippen LogP contribution in [0.4, 0.5) is 9.59 Å². The van der Waals surface area contributed by atoms with Crippen LogP contribution in [0.25, 0.3) is 0 Å². The maximum atomic E-state index is 12.3. The van der Waals surface area contributed by atoms with Gasteiger partial charge in [0.15, 0.2) is 5.82 Å². The highest BCUT2D eigenvalue weighted by Gasteiger charge is 2.47. The zero-order valence-electron chi connectivity index (χ0n) is 13.1. The van der Waals surface area contributed by atoms with E-state index < -0.39 is 5.60 Å². The number of aryl methyl sites for hydroxylation is 1. The van der Waals surface area contributed by atoms with Crippen LogP contribution in [0.5, 0.6) is 0 Å². The van der Waals surface area contributed by atoms with Crippen molar-refractivity contribution in [2.75, 3.05) is 33.2 Å². The molecule has 1 atom stereocenters. The normalized spacial score (nSPS) is 24.1. The van der Waals surface area contributed by atoms with E-state index in [0.717, 1.165) is 19.3 Å². The molecule has 3 rings (SSSR count). The Morgan fingerprint density at radius 3 is 3.04 bits per heavy atom. The molecule has 2 aliphatic rings. The second kappa shape index (κ2) is 6.39. The molecule has 0 unspecified atom stereocenters. The van der Waals surface area contributed by atoms with E-state index in [4.69, 9.17) is 4.74 Å². The lowest BCUT2D eigenvalue weighted by molar-refractivity contribution is 0.00323. The predicted molar refractivity (Wildman–Crippen MR) is 78.5 cm³/mol. The Morgan fingerprint density at radius 1 is 1.48 bits per heavy atom. The molecule has 1 aromatic rings. The summed E-state index contributed by atoms with van der Waals surface area (Å²) in [6, 6.07) is -0.122. The number of aromatic nitrogens is 4. The minimum atomic E-state index is -0.550. The lowest BCUT2D eigenvalue weighted by Gasteiger charge is -2.38. The van der Waals surface area contributed by atoms with Crippen LogP contribution in [0.15, 0.2) is 0 Å². The van der Waals surface area contributed by atoms with Crippen LogP contribution in [-0.2, 0) is 11.2 Å². The third kappa shape index (κ3) is 3.51. The first-order chi connectivity index (χ1) is 11.1. The van der Waals surface area contributed by atoms with Gasteiger partial charge in [-0.1, -0.05) is 5.21 Å². The van der Waals surface area contributed by atoms with Gasteiger partial charge in [-0.05, 0) is 19.3 Å². The number of likely N-dealkylation sites (tertiary alicyclic amines) is 1. The summed E-state index contributed by atoms with van der Waals surface area (Å²) in [4.78, 5) is 27.2. The highest BCUT2D eigenvalue weighted by atomic mass is 16.6. The molecule has 2 fully saturated rings. The Kier molecular flexibility index (Phi) is 4.30. The molecule has 23 heavy (non-hydrogen) atoms. The van der Waals surface area contributed by atoms with Crippen molar-refractivity contribution in [1.82, 2.24) is 35.7 Å². The molecule has 0 saturated carbocycles. The fourth-order valence-corrected chi connectivity index (χ4v) is 3.12. The number of H-pyrrole nitrogens is 1. The first kappa shape index (κ1) is 15.5. The van der Waals surface area contributed by atoms with Crippen molar-refractivity contribution in [1.29, 1.82) is 0 Å². The summed E-state index contributed by atoms with van der Waals surface area (Å²) in [5, 5.41) is 16.5. The van der Waals surface area contributed by atoms with Gasteiger partial charge < -0.3 is 19.9 Å². The molecule has 2 N–H and O–H groups in total. The molecular weight excluding hydrogens is 302 g/mol. The van der Waals surface area contributed by atoms with Gasteiger partial charge in [0.05, 0.1) is 13.1 Å². The Bertz CT molecular complexity index is 564. The maximum Gasteiger partial charge on any atom is 0.410 e. The Morgan fingerprint density at radius 2 is 2.35 bits per heavy atom. The SMILES string of the molecule is CN1C[C@@]2(CCCN(C(=O)NCCCc3nn[nH]n3)C2)OC1=O. The number of ether oxygens (including phenoxy) is 1. The van der Waals surface area contributed by atoms with Gasteiger partial charge in [-0.3, -0.25) is 0 Å². The number of piperidine rings is 1. The minimum absolute atomic E-state index is 0.122. The van der Waals surface area contributed by atoms with Crippen LogP contribution < -0.4 is 5.32 Å². The van der Waals surface area contributed by atoms with E-state index in [0.29, 0.717) is 38.4 Å². The summed E-state index contributed by atoms with van der Waals surface area (Å²) >= 11 is 0. The second-order valence-corrected chi connectivity index (χ2v) is 6.10.